The molecule has 0 spiro atoms. The molecule has 3 aromatic rings. The van der Waals surface area contributed by atoms with Gasteiger partial charge in [-0.15, -0.1) is 0 Å². The predicted octanol–water partition coefficient (Wildman–Crippen LogP) is 3.53. The van der Waals surface area contributed by atoms with Gasteiger partial charge < -0.3 is 10.7 Å². The fourth-order valence-corrected chi connectivity index (χ4v) is 3.47. The van der Waals surface area contributed by atoms with Crippen LogP contribution in [0, 0.1) is 17.2 Å². The summed E-state index contributed by atoms with van der Waals surface area (Å²) in [5.41, 5.74) is 4.61. The molecule has 0 aliphatic carbocycles. The summed E-state index contributed by atoms with van der Waals surface area (Å²) in [6, 6.07) is 13.9. The minimum atomic E-state index is 0.660. The number of benzene rings is 1. The third kappa shape index (κ3) is 2.80. The van der Waals surface area contributed by atoms with Gasteiger partial charge in [0.05, 0.1) is 22.7 Å². The summed E-state index contributed by atoms with van der Waals surface area (Å²) in [5.74, 6) is 7.81. The molecule has 0 bridgehead atoms. The molecule has 0 radical (unpaired) electrons. The lowest BCUT2D eigenvalue weighted by Gasteiger charge is -2.32. The molecular weight excluding hydrogens is 310 g/mol. The monoisotopic (exact) mass is 331 g/mol. The van der Waals surface area contributed by atoms with Gasteiger partial charge in [-0.1, -0.05) is 19.1 Å². The van der Waals surface area contributed by atoms with E-state index in [0.29, 0.717) is 5.56 Å². The molecule has 25 heavy (non-hydrogen) atoms. The van der Waals surface area contributed by atoms with Crippen LogP contribution in [0.25, 0.3) is 22.2 Å². The number of nitrogens with two attached hydrogens (primary N) is 1. The van der Waals surface area contributed by atoms with Gasteiger partial charge >= 0.3 is 0 Å². The number of rotatable bonds is 2. The van der Waals surface area contributed by atoms with Gasteiger partial charge in [-0.25, -0.2) is 4.98 Å². The summed E-state index contributed by atoms with van der Waals surface area (Å²) >= 11 is 0. The highest BCUT2D eigenvalue weighted by Gasteiger charge is 2.21. The van der Waals surface area contributed by atoms with Crippen molar-refractivity contribution in [2.75, 3.05) is 23.8 Å². The van der Waals surface area contributed by atoms with Gasteiger partial charge in [-0.3, -0.25) is 4.68 Å². The van der Waals surface area contributed by atoms with Crippen molar-refractivity contribution in [2.24, 2.45) is 5.92 Å². The van der Waals surface area contributed by atoms with E-state index in [1.807, 2.05) is 36.5 Å². The van der Waals surface area contributed by atoms with E-state index in [-0.39, 0.29) is 0 Å². The number of anilines is 1. The van der Waals surface area contributed by atoms with Crippen molar-refractivity contribution in [3.8, 4) is 17.2 Å². The van der Waals surface area contributed by atoms with Crippen molar-refractivity contribution in [2.45, 2.75) is 19.8 Å². The zero-order chi connectivity index (χ0) is 17.4. The van der Waals surface area contributed by atoms with Crippen LogP contribution in [0.3, 0.4) is 0 Å². The van der Waals surface area contributed by atoms with E-state index in [2.05, 4.69) is 24.0 Å². The quantitative estimate of drug-likeness (QED) is 0.729. The molecule has 5 nitrogen and oxygen atoms in total. The molecule has 0 amide bonds. The van der Waals surface area contributed by atoms with Crippen molar-refractivity contribution < 1.29 is 0 Å². The highest BCUT2D eigenvalue weighted by molar-refractivity contribution is 5.88. The molecule has 1 saturated heterocycles. The highest BCUT2D eigenvalue weighted by Crippen LogP contribution is 2.34. The largest absolute Gasteiger partial charge is 0.356 e. The average molecular weight is 331 g/mol. The molecule has 1 aliphatic rings. The van der Waals surface area contributed by atoms with Crippen LogP contribution in [0.2, 0.25) is 0 Å². The Hall–Kier alpha value is -3.00. The SMILES string of the molecule is CC1CCN(c2nc3ccn(N)c3cc2-c2ccc(C#N)cc2)CC1. The number of pyridine rings is 1. The molecule has 1 fully saturated rings. The lowest BCUT2D eigenvalue weighted by Crippen LogP contribution is -2.33. The molecule has 2 N–H and O–H groups in total. The van der Waals surface area contributed by atoms with E-state index >= 15 is 0 Å². The first-order valence-corrected chi connectivity index (χ1v) is 8.68. The number of hydrogen-bond acceptors (Lipinski definition) is 4. The fraction of sp³-hybridized carbons (Fsp3) is 0.300. The Morgan fingerprint density at radius 3 is 2.56 bits per heavy atom. The number of nitrogen functional groups attached to an aromatic ring is 1. The molecule has 1 aliphatic heterocycles. The number of nitriles is 1. The Morgan fingerprint density at radius 2 is 1.88 bits per heavy atom. The van der Waals surface area contributed by atoms with Gasteiger partial charge in [0.2, 0.25) is 0 Å². The van der Waals surface area contributed by atoms with Crippen molar-refractivity contribution in [3.05, 3.63) is 48.2 Å². The van der Waals surface area contributed by atoms with E-state index in [4.69, 9.17) is 16.1 Å². The van der Waals surface area contributed by atoms with Gasteiger partial charge in [-0.2, -0.15) is 5.26 Å². The zero-order valence-corrected chi connectivity index (χ0v) is 14.3. The first-order chi connectivity index (χ1) is 12.2. The molecule has 2 aromatic heterocycles. The Labute approximate surface area is 147 Å². The number of piperidine rings is 1. The van der Waals surface area contributed by atoms with Crippen LogP contribution in [-0.4, -0.2) is 22.7 Å². The standard InChI is InChI=1S/C20H21N5/c1-14-6-9-24(10-7-14)20-17(16-4-2-15(13-21)3-5-16)12-19-18(23-20)8-11-25(19)22/h2-5,8,11-12,14H,6-7,9-10,22H2,1H3. The van der Waals surface area contributed by atoms with Crippen molar-refractivity contribution in [1.29, 1.82) is 5.26 Å². The van der Waals surface area contributed by atoms with Crippen molar-refractivity contribution in [3.63, 3.8) is 0 Å². The van der Waals surface area contributed by atoms with Gasteiger partial charge in [0.25, 0.3) is 0 Å². The molecule has 5 heteroatoms. The van der Waals surface area contributed by atoms with Crippen molar-refractivity contribution >= 4 is 16.9 Å². The summed E-state index contributed by atoms with van der Waals surface area (Å²) in [7, 11) is 0. The second-order valence-corrected chi connectivity index (χ2v) is 6.85. The first kappa shape index (κ1) is 15.5. The molecule has 4 rings (SSSR count). The van der Waals surface area contributed by atoms with E-state index in [1.54, 1.807) is 4.68 Å². The van der Waals surface area contributed by atoms with E-state index < -0.39 is 0 Å². The van der Waals surface area contributed by atoms with E-state index in [0.717, 1.165) is 47.0 Å². The number of fused-ring (bicyclic) bond motifs is 1. The molecule has 1 aromatic carbocycles. The zero-order valence-electron chi connectivity index (χ0n) is 14.3. The van der Waals surface area contributed by atoms with Crippen LogP contribution in [0.4, 0.5) is 5.82 Å². The fourth-order valence-electron chi connectivity index (χ4n) is 3.47. The van der Waals surface area contributed by atoms with Crippen LogP contribution in [0.15, 0.2) is 42.6 Å². The third-order valence-electron chi connectivity index (χ3n) is 5.09. The average Bonchev–Trinajstić information content (AvgIpc) is 3.02. The Morgan fingerprint density at radius 1 is 1.16 bits per heavy atom. The lowest BCUT2D eigenvalue weighted by atomic mass is 9.97. The second kappa shape index (κ2) is 6.14. The lowest BCUT2D eigenvalue weighted by molar-refractivity contribution is 0.437. The first-order valence-electron chi connectivity index (χ1n) is 8.68. The second-order valence-electron chi connectivity index (χ2n) is 6.85. The Balaban J connectivity index is 1.85. The topological polar surface area (TPSA) is 70.9 Å². The van der Waals surface area contributed by atoms with Crippen LogP contribution in [0.1, 0.15) is 25.3 Å². The van der Waals surface area contributed by atoms with Crippen LogP contribution in [-0.2, 0) is 0 Å². The normalized spacial score (nSPS) is 15.4. The van der Waals surface area contributed by atoms with Gasteiger partial charge in [0.15, 0.2) is 0 Å². The number of nitrogens with zero attached hydrogens (tertiary/aromatic N) is 4. The molecule has 0 atom stereocenters. The minimum absolute atomic E-state index is 0.660. The molecule has 0 unspecified atom stereocenters. The molecule has 3 heterocycles. The predicted molar refractivity (Wildman–Crippen MR) is 101 cm³/mol. The van der Waals surface area contributed by atoms with Crippen LogP contribution >= 0.6 is 0 Å². The van der Waals surface area contributed by atoms with Gasteiger partial charge in [0, 0.05) is 24.8 Å². The highest BCUT2D eigenvalue weighted by atomic mass is 15.3. The Kier molecular flexibility index (Phi) is 3.81. The number of hydrogen-bond donors (Lipinski definition) is 1. The molecular formula is C20H21N5. The maximum atomic E-state index is 9.04. The van der Waals surface area contributed by atoms with Gasteiger partial charge in [0.1, 0.15) is 5.82 Å². The molecule has 126 valence electrons. The van der Waals surface area contributed by atoms with E-state index in [9.17, 15) is 0 Å². The smallest absolute Gasteiger partial charge is 0.137 e. The summed E-state index contributed by atoms with van der Waals surface area (Å²) in [6.45, 7) is 4.35. The molecule has 0 saturated carbocycles. The summed E-state index contributed by atoms with van der Waals surface area (Å²) < 4.78 is 1.61. The third-order valence-corrected chi connectivity index (χ3v) is 5.09. The number of aromatic nitrogens is 2. The Bertz CT molecular complexity index is 941. The maximum absolute atomic E-state index is 9.04. The minimum Gasteiger partial charge on any atom is -0.356 e. The van der Waals surface area contributed by atoms with Crippen LogP contribution in [0.5, 0.6) is 0 Å². The van der Waals surface area contributed by atoms with Crippen LogP contribution < -0.4 is 10.7 Å². The van der Waals surface area contributed by atoms with E-state index in [1.165, 1.54) is 12.8 Å². The maximum Gasteiger partial charge on any atom is 0.137 e. The van der Waals surface area contributed by atoms with Gasteiger partial charge in [-0.05, 0) is 48.6 Å². The van der Waals surface area contributed by atoms with Crippen molar-refractivity contribution in [1.82, 2.24) is 9.66 Å². The summed E-state index contributed by atoms with van der Waals surface area (Å²) in [6.07, 6.45) is 4.21. The summed E-state index contributed by atoms with van der Waals surface area (Å²) in [4.78, 5) is 7.30. The summed E-state index contributed by atoms with van der Waals surface area (Å²) in [5, 5.41) is 9.04.